The molecule has 134 valence electrons. The van der Waals surface area contributed by atoms with E-state index in [0.717, 1.165) is 46.4 Å². The van der Waals surface area contributed by atoms with Gasteiger partial charge in [0.05, 0.1) is 5.75 Å². The number of hydrogen-bond donors (Lipinski definition) is 1. The number of thiazole rings is 1. The molecule has 0 aromatic carbocycles. The number of fused-ring (bicyclic) bond motifs is 1. The molecule has 2 fully saturated rings. The molecule has 1 aliphatic carbocycles. The first-order chi connectivity index (χ1) is 12.3. The zero-order chi connectivity index (χ0) is 17.1. The highest BCUT2D eigenvalue weighted by Gasteiger charge is 2.20. The lowest BCUT2D eigenvalue weighted by Crippen LogP contribution is -2.33. The lowest BCUT2D eigenvalue weighted by Gasteiger charge is -2.25. The molecule has 0 radical (unpaired) electrons. The average molecular weight is 378 g/mol. The SMILES string of the molecule is O=C(CSc1ncnc2nc(N3CCCCC3)sc12)NC1CCCC1. The van der Waals surface area contributed by atoms with E-state index in [4.69, 9.17) is 0 Å². The van der Waals surface area contributed by atoms with Crippen LogP contribution in [-0.2, 0) is 4.79 Å². The second-order valence-electron chi connectivity index (χ2n) is 6.71. The van der Waals surface area contributed by atoms with Crippen molar-refractivity contribution < 1.29 is 4.79 Å². The van der Waals surface area contributed by atoms with Gasteiger partial charge in [-0.15, -0.1) is 0 Å². The van der Waals surface area contributed by atoms with E-state index in [9.17, 15) is 4.79 Å². The summed E-state index contributed by atoms with van der Waals surface area (Å²) in [6, 6.07) is 0.368. The summed E-state index contributed by atoms with van der Waals surface area (Å²) in [7, 11) is 0. The Hall–Kier alpha value is -1.41. The molecule has 6 nitrogen and oxygen atoms in total. The number of nitrogens with one attached hydrogen (secondary N) is 1. The van der Waals surface area contributed by atoms with Crippen LogP contribution in [0.2, 0.25) is 0 Å². The standard InChI is InChI=1S/C17H23N5OS2/c23-13(20-12-6-2-3-7-12)10-24-16-14-15(18-11-19-16)21-17(25-14)22-8-4-1-5-9-22/h11-12H,1-10H2,(H,20,23). The summed E-state index contributed by atoms with van der Waals surface area (Å²) in [6.07, 6.45) is 9.99. The van der Waals surface area contributed by atoms with Gasteiger partial charge in [-0.25, -0.2) is 9.97 Å². The third-order valence-corrected chi connectivity index (χ3v) is 7.06. The highest BCUT2D eigenvalue weighted by atomic mass is 32.2. The van der Waals surface area contributed by atoms with E-state index in [1.165, 1.54) is 43.9 Å². The van der Waals surface area contributed by atoms with Crippen LogP contribution in [-0.4, -0.2) is 45.7 Å². The Bertz CT molecular complexity index is 738. The summed E-state index contributed by atoms with van der Waals surface area (Å²) < 4.78 is 1.00. The molecular weight excluding hydrogens is 354 g/mol. The van der Waals surface area contributed by atoms with Crippen molar-refractivity contribution in [2.45, 2.75) is 56.0 Å². The Morgan fingerprint density at radius 2 is 2.00 bits per heavy atom. The van der Waals surface area contributed by atoms with Crippen molar-refractivity contribution >= 4 is 44.5 Å². The van der Waals surface area contributed by atoms with Gasteiger partial charge >= 0.3 is 0 Å². The molecule has 8 heteroatoms. The average Bonchev–Trinajstić information content (AvgIpc) is 3.30. The van der Waals surface area contributed by atoms with Gasteiger partial charge in [-0.2, -0.15) is 4.98 Å². The molecule has 2 aromatic heterocycles. The van der Waals surface area contributed by atoms with E-state index in [1.807, 2.05) is 0 Å². The highest BCUT2D eigenvalue weighted by molar-refractivity contribution is 8.00. The third-order valence-electron chi connectivity index (χ3n) is 4.83. The van der Waals surface area contributed by atoms with Crippen molar-refractivity contribution in [3.8, 4) is 0 Å². The molecule has 0 atom stereocenters. The molecule has 1 aliphatic heterocycles. The van der Waals surface area contributed by atoms with Gasteiger partial charge in [0.15, 0.2) is 10.8 Å². The van der Waals surface area contributed by atoms with Crippen molar-refractivity contribution in [3.05, 3.63) is 6.33 Å². The van der Waals surface area contributed by atoms with E-state index < -0.39 is 0 Å². The number of anilines is 1. The maximum atomic E-state index is 12.2. The van der Waals surface area contributed by atoms with Gasteiger partial charge in [0, 0.05) is 19.1 Å². The molecule has 1 N–H and O–H groups in total. The Kier molecular flexibility index (Phi) is 5.36. The molecule has 3 heterocycles. The maximum Gasteiger partial charge on any atom is 0.230 e. The fourth-order valence-corrected chi connectivity index (χ4v) is 5.47. The van der Waals surface area contributed by atoms with Crippen molar-refractivity contribution in [1.82, 2.24) is 20.3 Å². The normalized spacial score (nSPS) is 18.8. The quantitative estimate of drug-likeness (QED) is 0.637. The van der Waals surface area contributed by atoms with Gasteiger partial charge in [0.1, 0.15) is 16.1 Å². The largest absolute Gasteiger partial charge is 0.353 e. The highest BCUT2D eigenvalue weighted by Crippen LogP contribution is 2.34. The van der Waals surface area contributed by atoms with Gasteiger partial charge in [-0.3, -0.25) is 4.79 Å². The van der Waals surface area contributed by atoms with Crippen LogP contribution in [0.4, 0.5) is 5.13 Å². The smallest absolute Gasteiger partial charge is 0.230 e. The van der Waals surface area contributed by atoms with Gasteiger partial charge in [0.2, 0.25) is 5.91 Å². The van der Waals surface area contributed by atoms with Gasteiger partial charge in [-0.05, 0) is 32.1 Å². The lowest BCUT2D eigenvalue weighted by atomic mass is 10.1. The summed E-state index contributed by atoms with van der Waals surface area (Å²) in [5, 5.41) is 5.03. The van der Waals surface area contributed by atoms with E-state index in [0.29, 0.717) is 11.8 Å². The minimum atomic E-state index is 0.101. The van der Waals surface area contributed by atoms with E-state index in [-0.39, 0.29) is 5.91 Å². The number of thioether (sulfide) groups is 1. The van der Waals surface area contributed by atoms with E-state index >= 15 is 0 Å². The fraction of sp³-hybridized carbons (Fsp3) is 0.647. The number of rotatable bonds is 5. The number of carbonyl (C=O) groups excluding carboxylic acids is 1. The summed E-state index contributed by atoms with van der Waals surface area (Å²) in [5.74, 6) is 0.504. The molecule has 4 rings (SSSR count). The fourth-order valence-electron chi connectivity index (χ4n) is 3.52. The number of amides is 1. The van der Waals surface area contributed by atoms with Crippen LogP contribution in [0, 0.1) is 0 Å². The molecular formula is C17H23N5OS2. The van der Waals surface area contributed by atoms with Crippen LogP contribution in [0.25, 0.3) is 10.3 Å². The van der Waals surface area contributed by atoms with Crippen LogP contribution >= 0.6 is 23.1 Å². The Labute approximate surface area is 155 Å². The zero-order valence-electron chi connectivity index (χ0n) is 14.2. The number of carbonyl (C=O) groups is 1. The summed E-state index contributed by atoms with van der Waals surface area (Å²) in [4.78, 5) is 27.9. The topological polar surface area (TPSA) is 71.0 Å². The molecule has 1 saturated carbocycles. The molecule has 1 saturated heterocycles. The summed E-state index contributed by atoms with van der Waals surface area (Å²) >= 11 is 3.14. The van der Waals surface area contributed by atoms with Crippen LogP contribution in [0.1, 0.15) is 44.9 Å². The number of aromatic nitrogens is 3. The van der Waals surface area contributed by atoms with E-state index in [2.05, 4.69) is 25.2 Å². The lowest BCUT2D eigenvalue weighted by molar-refractivity contribution is -0.119. The predicted molar refractivity (Wildman–Crippen MR) is 102 cm³/mol. The number of piperidine rings is 1. The van der Waals surface area contributed by atoms with E-state index in [1.54, 1.807) is 17.7 Å². The third kappa shape index (κ3) is 4.06. The first kappa shape index (κ1) is 17.0. The summed E-state index contributed by atoms with van der Waals surface area (Å²) in [6.45, 7) is 2.14. The van der Waals surface area contributed by atoms with Crippen LogP contribution < -0.4 is 10.2 Å². The summed E-state index contributed by atoms with van der Waals surface area (Å²) in [5.41, 5.74) is 0.749. The van der Waals surface area contributed by atoms with Crippen LogP contribution in [0.15, 0.2) is 11.4 Å². The molecule has 25 heavy (non-hydrogen) atoms. The molecule has 2 aliphatic rings. The Morgan fingerprint density at radius 1 is 1.20 bits per heavy atom. The predicted octanol–water partition coefficient (Wildman–Crippen LogP) is 3.23. The van der Waals surface area contributed by atoms with Crippen LogP contribution in [0.3, 0.4) is 0 Å². The van der Waals surface area contributed by atoms with Gasteiger partial charge in [0.25, 0.3) is 0 Å². The number of nitrogens with zero attached hydrogens (tertiary/aromatic N) is 4. The second kappa shape index (κ2) is 7.86. The van der Waals surface area contributed by atoms with Gasteiger partial charge < -0.3 is 10.2 Å². The second-order valence-corrected chi connectivity index (χ2v) is 8.65. The van der Waals surface area contributed by atoms with Crippen molar-refractivity contribution in [2.24, 2.45) is 0 Å². The molecule has 1 amide bonds. The first-order valence-corrected chi connectivity index (χ1v) is 10.9. The minimum Gasteiger partial charge on any atom is -0.353 e. The Balaban J connectivity index is 1.43. The van der Waals surface area contributed by atoms with Crippen molar-refractivity contribution in [1.29, 1.82) is 0 Å². The first-order valence-electron chi connectivity index (χ1n) is 9.08. The van der Waals surface area contributed by atoms with Crippen molar-refractivity contribution in [2.75, 3.05) is 23.7 Å². The van der Waals surface area contributed by atoms with Gasteiger partial charge in [-0.1, -0.05) is 35.9 Å². The molecule has 0 bridgehead atoms. The zero-order valence-corrected chi connectivity index (χ0v) is 15.9. The molecule has 2 aromatic rings. The maximum absolute atomic E-state index is 12.2. The molecule has 0 unspecified atom stereocenters. The van der Waals surface area contributed by atoms with Crippen molar-refractivity contribution in [3.63, 3.8) is 0 Å². The number of hydrogen-bond acceptors (Lipinski definition) is 7. The Morgan fingerprint density at radius 3 is 2.80 bits per heavy atom. The monoisotopic (exact) mass is 377 g/mol. The minimum absolute atomic E-state index is 0.101. The van der Waals surface area contributed by atoms with Crippen LogP contribution in [0.5, 0.6) is 0 Å². The molecule has 0 spiro atoms.